The molecule has 0 radical (unpaired) electrons. The maximum absolute atomic E-state index is 13.1. The Labute approximate surface area is 126 Å². The van der Waals surface area contributed by atoms with Crippen LogP contribution in [0.4, 0.5) is 13.2 Å². The Balaban J connectivity index is 2.02. The molecule has 3 rings (SSSR count). The van der Waals surface area contributed by atoms with Crippen molar-refractivity contribution in [3.63, 3.8) is 0 Å². The Morgan fingerprint density at radius 1 is 1.43 bits per heavy atom. The van der Waals surface area contributed by atoms with Crippen molar-refractivity contribution < 1.29 is 19.3 Å². The topological polar surface area (TPSA) is 108 Å². The molecule has 0 saturated heterocycles. The molecule has 3 aromatic rings. The highest BCUT2D eigenvalue weighted by Gasteiger charge is 2.36. The van der Waals surface area contributed by atoms with Gasteiger partial charge in [0.25, 0.3) is 0 Å². The van der Waals surface area contributed by atoms with E-state index in [9.17, 15) is 18.0 Å². The number of hydrogen-bond donors (Lipinski definition) is 1. The normalized spacial score (nSPS) is 12.4. The minimum absolute atomic E-state index is 0.0580. The molecule has 10 nitrogen and oxygen atoms in total. The van der Waals surface area contributed by atoms with Crippen LogP contribution in [0.1, 0.15) is 5.69 Å². The van der Waals surface area contributed by atoms with Gasteiger partial charge in [-0.2, -0.15) is 19.1 Å². The molecule has 1 N–H and O–H groups in total. The van der Waals surface area contributed by atoms with Crippen molar-refractivity contribution in [2.75, 3.05) is 0 Å². The van der Waals surface area contributed by atoms with Gasteiger partial charge in [0, 0.05) is 19.3 Å². The molecule has 0 saturated carbocycles. The van der Waals surface area contributed by atoms with E-state index >= 15 is 0 Å². The van der Waals surface area contributed by atoms with E-state index in [1.54, 1.807) is 0 Å². The number of nitrogens with one attached hydrogen (secondary N) is 1. The highest BCUT2D eigenvalue weighted by Crippen LogP contribution is 2.26. The fourth-order valence-corrected chi connectivity index (χ4v) is 1.80. The van der Waals surface area contributed by atoms with Gasteiger partial charge < -0.3 is 4.74 Å². The zero-order chi connectivity index (χ0) is 17.5. The van der Waals surface area contributed by atoms with Crippen LogP contribution in [-0.2, 0) is 20.0 Å². The van der Waals surface area contributed by atoms with E-state index in [0.717, 1.165) is 10.9 Å². The van der Waals surface area contributed by atoms with E-state index in [1.807, 2.05) is 0 Å². The molecule has 0 amide bonds. The molecule has 0 spiro atoms. The zero-order valence-corrected chi connectivity index (χ0v) is 11.5. The lowest BCUT2D eigenvalue weighted by Gasteiger charge is -2.11. The summed E-state index contributed by atoms with van der Waals surface area (Å²) in [6, 6.07) is 1.30. The Morgan fingerprint density at radius 2 is 2.22 bits per heavy atom. The number of nitrogens with zero attached hydrogens (tertiary/aromatic N) is 7. The van der Waals surface area contributed by atoms with Gasteiger partial charge in [-0.3, -0.25) is 5.09 Å². The number of aromatic nitrogens is 8. The van der Waals surface area contributed by atoms with Crippen LogP contribution in [0.2, 0.25) is 1.41 Å². The van der Waals surface area contributed by atoms with E-state index in [0.29, 0.717) is 9.77 Å². The van der Waals surface area contributed by atoms with Crippen LogP contribution >= 0.6 is 0 Å². The summed E-state index contributed by atoms with van der Waals surface area (Å²) in [5.74, 6) is -0.0580. The van der Waals surface area contributed by atoms with Crippen molar-refractivity contribution >= 4 is 0 Å². The lowest BCUT2D eigenvalue weighted by atomic mass is 10.4. The van der Waals surface area contributed by atoms with Crippen LogP contribution in [0.3, 0.4) is 0 Å². The molecule has 0 fully saturated rings. The van der Waals surface area contributed by atoms with Crippen molar-refractivity contribution in [3.8, 4) is 11.6 Å². The second kappa shape index (κ2) is 5.26. The molecule has 23 heavy (non-hydrogen) atoms. The number of ether oxygens (including phenoxy) is 1. The SMILES string of the molecule is [3H]n1ccc(OCc2c(-n3nnn(C)c3=O)cnn2C(F)(F)F)n1. The molecule has 0 bridgehead atoms. The highest BCUT2D eigenvalue weighted by molar-refractivity contribution is 5.33. The number of halogens is 3. The highest BCUT2D eigenvalue weighted by atomic mass is 19.4. The Hall–Kier alpha value is -3.12. The molecule has 0 aromatic carbocycles. The molecule has 0 unspecified atom stereocenters. The predicted molar refractivity (Wildman–Crippen MR) is 66.6 cm³/mol. The standard InChI is InChI=1S/C10H9F3N8O2/c1-19-9(22)20(18-17-19)6-4-15-21(10(11,12)13)7(6)5-23-8-2-3-14-16-8/h2-4H,5H2,1H3,(H,14,16)/i/hT. The molecule has 3 aromatic heterocycles. The lowest BCUT2D eigenvalue weighted by molar-refractivity contribution is -0.214. The molecule has 0 aliphatic carbocycles. The second-order valence-corrected chi connectivity index (χ2v) is 4.31. The molecule has 3 heterocycles. The average Bonchev–Trinajstić information content (AvgIpc) is 3.17. The Kier molecular flexibility index (Phi) is 3.09. The molecule has 0 aliphatic rings. The van der Waals surface area contributed by atoms with Gasteiger partial charge in [0.1, 0.15) is 18.0 Å². The van der Waals surface area contributed by atoms with Crippen LogP contribution in [0.5, 0.6) is 5.88 Å². The van der Waals surface area contributed by atoms with Crippen LogP contribution in [0.25, 0.3) is 5.69 Å². The first-order chi connectivity index (χ1) is 11.3. The summed E-state index contributed by atoms with van der Waals surface area (Å²) < 4.78 is 52.9. The quantitative estimate of drug-likeness (QED) is 0.717. The van der Waals surface area contributed by atoms with E-state index < -0.39 is 24.3 Å². The van der Waals surface area contributed by atoms with Gasteiger partial charge in [0.05, 0.1) is 6.20 Å². The van der Waals surface area contributed by atoms with Crippen molar-refractivity contribution in [2.24, 2.45) is 7.05 Å². The summed E-state index contributed by atoms with van der Waals surface area (Å²) in [4.78, 5) is 11.9. The number of aryl methyl sites for hydroxylation is 1. The zero-order valence-electron chi connectivity index (χ0n) is 12.5. The third-order valence-corrected chi connectivity index (χ3v) is 2.83. The van der Waals surface area contributed by atoms with Crippen LogP contribution < -0.4 is 10.4 Å². The van der Waals surface area contributed by atoms with Gasteiger partial charge in [0.2, 0.25) is 5.88 Å². The summed E-state index contributed by atoms with van der Waals surface area (Å²) >= 11 is 0. The fraction of sp³-hybridized carbons (Fsp3) is 0.300. The maximum atomic E-state index is 13.1. The van der Waals surface area contributed by atoms with Gasteiger partial charge >= 0.3 is 12.0 Å². The maximum Gasteiger partial charge on any atom is 0.504 e. The lowest BCUT2D eigenvalue weighted by Crippen LogP contribution is -2.25. The minimum atomic E-state index is -4.82. The summed E-state index contributed by atoms with van der Waals surface area (Å²) in [5, 5.41) is 14.4. The number of H-pyrrole nitrogens is 1. The first kappa shape index (κ1) is 13.5. The fourth-order valence-electron chi connectivity index (χ4n) is 1.80. The molecule has 122 valence electrons. The first-order valence-corrected chi connectivity index (χ1v) is 6.08. The van der Waals surface area contributed by atoms with Crippen LogP contribution in [0.15, 0.2) is 23.3 Å². The molecule has 0 atom stereocenters. The van der Waals surface area contributed by atoms with Crippen LogP contribution in [-0.4, -0.2) is 39.8 Å². The van der Waals surface area contributed by atoms with Crippen molar-refractivity contribution in [1.82, 2.24) is 39.8 Å². The van der Waals surface area contributed by atoms with Crippen LogP contribution in [0, 0.1) is 0 Å². The Bertz CT molecular complexity index is 923. The van der Waals surface area contributed by atoms with Gasteiger partial charge in [0.15, 0.2) is 1.41 Å². The first-order valence-electron chi connectivity index (χ1n) is 6.53. The number of tetrazole rings is 1. The molecular formula is C10H9F3N8O2. The van der Waals surface area contributed by atoms with Crippen molar-refractivity contribution in [3.05, 3.63) is 34.6 Å². The van der Waals surface area contributed by atoms with E-state index in [4.69, 9.17) is 6.15 Å². The number of aromatic amines is 1. The third-order valence-electron chi connectivity index (χ3n) is 2.83. The van der Waals surface area contributed by atoms with E-state index in [2.05, 4.69) is 20.6 Å². The Morgan fingerprint density at radius 3 is 2.78 bits per heavy atom. The summed E-state index contributed by atoms with van der Waals surface area (Å²) in [5.41, 5.74) is -1.44. The summed E-state index contributed by atoms with van der Waals surface area (Å²) in [7, 11) is 1.30. The van der Waals surface area contributed by atoms with E-state index in [-0.39, 0.29) is 16.2 Å². The largest absolute Gasteiger partial charge is 0.504 e. The summed E-state index contributed by atoms with van der Waals surface area (Å²) in [6.07, 6.45) is -2.74. The van der Waals surface area contributed by atoms with Gasteiger partial charge in [-0.1, -0.05) is 0 Å². The second-order valence-electron chi connectivity index (χ2n) is 4.31. The monoisotopic (exact) mass is 332 g/mol. The summed E-state index contributed by atoms with van der Waals surface area (Å²) in [6.45, 7) is -0.602. The van der Waals surface area contributed by atoms with Gasteiger partial charge in [-0.25, -0.2) is 4.79 Å². The van der Waals surface area contributed by atoms with Gasteiger partial charge in [-0.05, 0) is 10.4 Å². The van der Waals surface area contributed by atoms with Crippen molar-refractivity contribution in [2.45, 2.75) is 12.9 Å². The number of alkyl halides is 3. The molecule has 0 aliphatic heterocycles. The van der Waals surface area contributed by atoms with E-state index in [1.165, 1.54) is 19.3 Å². The number of hydrogen-bond acceptors (Lipinski definition) is 6. The minimum Gasteiger partial charge on any atom is -0.470 e. The average molecular weight is 332 g/mol. The smallest absolute Gasteiger partial charge is 0.470 e. The predicted octanol–water partition coefficient (Wildman–Crippen LogP) is -0.0591. The third kappa shape index (κ3) is 2.67. The molecular weight excluding hydrogens is 321 g/mol. The number of rotatable bonds is 4. The van der Waals surface area contributed by atoms with Gasteiger partial charge in [-0.15, -0.1) is 18.3 Å². The molecule has 13 heteroatoms. The van der Waals surface area contributed by atoms with Crippen molar-refractivity contribution in [1.29, 1.82) is 0 Å².